The van der Waals surface area contributed by atoms with E-state index < -0.39 is 91.7 Å². The van der Waals surface area contributed by atoms with E-state index in [0.717, 1.165) is 18.2 Å². The van der Waals surface area contributed by atoms with Gasteiger partial charge in [0, 0.05) is 47.9 Å². The number of aromatic nitrogens is 4. The molecule has 3 aliphatic heterocycles. The van der Waals surface area contributed by atoms with Gasteiger partial charge in [0.15, 0.2) is 28.5 Å². The maximum atomic E-state index is 14.5. The maximum Gasteiger partial charge on any atom is 0.333 e. The lowest BCUT2D eigenvalue weighted by molar-refractivity contribution is -0.0567. The molecule has 5 heterocycles. The highest BCUT2D eigenvalue weighted by atomic mass is 32.2. The molecule has 23 heteroatoms. The second-order valence-electron chi connectivity index (χ2n) is 20.7. The summed E-state index contributed by atoms with van der Waals surface area (Å²) in [7, 11) is -9.52. The second kappa shape index (κ2) is 19.5. The molecule has 5 rings (SSSR count). The lowest BCUT2D eigenvalue weighted by Gasteiger charge is -2.43. The van der Waals surface area contributed by atoms with Crippen LogP contribution in [-0.4, -0.2) is 91.6 Å². The Balaban J connectivity index is 1.32. The van der Waals surface area contributed by atoms with Gasteiger partial charge in [-0.3, -0.25) is 27.9 Å². The number of nitrogens with zero attached hydrogens (tertiary/aromatic N) is 7. The van der Waals surface area contributed by atoms with Crippen LogP contribution in [0.15, 0.2) is 47.8 Å². The Morgan fingerprint density at radius 2 is 1.37 bits per heavy atom. The van der Waals surface area contributed by atoms with E-state index in [9.17, 15) is 32.7 Å². The highest BCUT2D eigenvalue weighted by molar-refractivity contribution is 7.90. The first kappa shape index (κ1) is 52.3. The molecule has 2 saturated heterocycles. The fourth-order valence-corrected chi connectivity index (χ4v) is 11.5. The van der Waals surface area contributed by atoms with Crippen LogP contribution in [0, 0.1) is 13.8 Å². The monoisotopic (exact) mass is 966 g/mol. The third-order valence-electron chi connectivity index (χ3n) is 14.0. The normalized spacial score (nSPS) is 25.9. The Kier molecular flexibility index (Phi) is 15.7. The average molecular weight is 967 g/mol. The number of aliphatic hydroxyl groups is 1. The van der Waals surface area contributed by atoms with Crippen LogP contribution in [-0.2, 0) is 45.7 Å². The van der Waals surface area contributed by atoms with Gasteiger partial charge in [-0.1, -0.05) is 72.3 Å². The van der Waals surface area contributed by atoms with Crippen LogP contribution in [0.5, 0.6) is 0 Å². The van der Waals surface area contributed by atoms with E-state index in [0.29, 0.717) is 31.2 Å². The summed E-state index contributed by atoms with van der Waals surface area (Å²) >= 11 is 0. The molecule has 20 nitrogen and oxygen atoms in total. The number of ether oxygens (including phenoxy) is 2. The van der Waals surface area contributed by atoms with Crippen molar-refractivity contribution in [2.45, 2.75) is 192 Å². The van der Waals surface area contributed by atoms with E-state index >= 15 is 0 Å². The fourth-order valence-electron chi connectivity index (χ4n) is 8.00. The SMILES string of the molecule is Cc1cn([C@@H]2O[C@H](CO[Si](C)(C)C(C)(C)C)[C@@]3(OS(=O)(=O)C=C3N)[C@H]2O[Si](C)(C)C(C)(C)C)c(=O)n(CCCCCCCCn2c(=O)c(C)cn([C@H]3CC(N=[N+]=[N-])[C@@H](CO)O3)c2=O)c1=O. The molecule has 0 saturated carbocycles. The molecular weight excluding hydrogens is 897 g/mol. The molecule has 0 aromatic carbocycles. The quantitative estimate of drug-likeness (QED) is 0.0489. The lowest BCUT2D eigenvalue weighted by Crippen LogP contribution is -2.59. The summed E-state index contributed by atoms with van der Waals surface area (Å²) in [6.45, 7) is 23.5. The predicted molar refractivity (Wildman–Crippen MR) is 250 cm³/mol. The zero-order valence-corrected chi connectivity index (χ0v) is 42.8. The molecule has 1 unspecified atom stereocenters. The minimum Gasteiger partial charge on any atom is -0.414 e. The number of aryl methyl sites for hydroxylation is 2. The highest BCUT2D eigenvalue weighted by Gasteiger charge is 2.67. The number of azide groups is 1. The van der Waals surface area contributed by atoms with Crippen LogP contribution in [0.1, 0.15) is 110 Å². The van der Waals surface area contributed by atoms with E-state index in [1.54, 1.807) is 13.8 Å². The molecule has 364 valence electrons. The molecule has 3 N–H and O–H groups in total. The third-order valence-corrected chi connectivity index (χ3v) is 24.0. The molecule has 2 fully saturated rings. The molecule has 1 spiro atoms. The average Bonchev–Trinajstić information content (AvgIpc) is 3.82. The van der Waals surface area contributed by atoms with Gasteiger partial charge in [0.1, 0.15) is 18.4 Å². The summed E-state index contributed by atoms with van der Waals surface area (Å²) in [6, 6.07) is -0.653. The largest absolute Gasteiger partial charge is 0.414 e. The summed E-state index contributed by atoms with van der Waals surface area (Å²) in [6.07, 6.45) is 1.81. The molecule has 7 atom stereocenters. The van der Waals surface area contributed by atoms with E-state index in [1.807, 2.05) is 33.9 Å². The number of unbranched alkanes of at least 4 members (excludes halogenated alkanes) is 5. The third kappa shape index (κ3) is 10.7. The Hall–Kier alpha value is -3.65. The van der Waals surface area contributed by atoms with Gasteiger partial charge in [-0.15, -0.1) is 0 Å². The molecule has 0 amide bonds. The van der Waals surface area contributed by atoms with Crippen molar-refractivity contribution in [1.29, 1.82) is 0 Å². The molecule has 0 aliphatic carbocycles. The zero-order valence-electron chi connectivity index (χ0n) is 40.0. The number of nitrogens with two attached hydrogens (primary N) is 1. The molecule has 0 bridgehead atoms. The van der Waals surface area contributed by atoms with E-state index in [1.165, 1.54) is 30.7 Å². The summed E-state index contributed by atoms with van der Waals surface area (Å²) in [4.78, 5) is 57.3. The lowest BCUT2D eigenvalue weighted by atomic mass is 9.89. The molecule has 3 aliphatic rings. The number of aliphatic hydroxyl groups excluding tert-OH is 1. The Bertz CT molecular complexity index is 2520. The van der Waals surface area contributed by atoms with Crippen LogP contribution in [0.2, 0.25) is 36.3 Å². The van der Waals surface area contributed by atoms with Gasteiger partial charge in [-0.25, -0.2) is 13.8 Å². The first-order valence-electron chi connectivity index (χ1n) is 22.4. The van der Waals surface area contributed by atoms with Gasteiger partial charge in [0.25, 0.3) is 21.2 Å². The van der Waals surface area contributed by atoms with Crippen LogP contribution in [0.3, 0.4) is 0 Å². The minimum atomic E-state index is -4.29. The van der Waals surface area contributed by atoms with Crippen molar-refractivity contribution in [1.82, 2.24) is 18.3 Å². The van der Waals surface area contributed by atoms with Gasteiger partial charge in [-0.2, -0.15) is 8.42 Å². The minimum absolute atomic E-state index is 0.0939. The second-order valence-corrected chi connectivity index (χ2v) is 31.6. The molecule has 2 aromatic rings. The van der Waals surface area contributed by atoms with E-state index in [2.05, 4.69) is 43.9 Å². The number of hydrogen-bond acceptors (Lipinski definition) is 14. The summed E-state index contributed by atoms with van der Waals surface area (Å²) in [5.74, 6) is 0. The topological polar surface area (TPSA) is 263 Å². The summed E-state index contributed by atoms with van der Waals surface area (Å²) in [5.41, 5.74) is 12.1. The first-order valence-corrected chi connectivity index (χ1v) is 29.7. The first-order chi connectivity index (χ1) is 30.0. The zero-order chi connectivity index (χ0) is 48.7. The van der Waals surface area contributed by atoms with Crippen molar-refractivity contribution in [2.24, 2.45) is 10.8 Å². The van der Waals surface area contributed by atoms with Crippen molar-refractivity contribution < 1.29 is 36.0 Å². The Labute approximate surface area is 382 Å². The Morgan fingerprint density at radius 3 is 1.85 bits per heavy atom. The van der Waals surface area contributed by atoms with Crippen molar-refractivity contribution >= 4 is 26.8 Å². The summed E-state index contributed by atoms with van der Waals surface area (Å²) in [5, 5.41) is 13.7. The fraction of sp³-hybridized carbons (Fsp3) is 0.762. The van der Waals surface area contributed by atoms with Crippen LogP contribution in [0.25, 0.3) is 10.4 Å². The van der Waals surface area contributed by atoms with E-state index in [4.69, 9.17) is 33.8 Å². The van der Waals surface area contributed by atoms with Crippen LogP contribution >= 0.6 is 0 Å². The maximum absolute atomic E-state index is 14.5. The summed E-state index contributed by atoms with van der Waals surface area (Å²) < 4.78 is 63.5. The molecule has 0 radical (unpaired) electrons. The van der Waals surface area contributed by atoms with Gasteiger partial charge >= 0.3 is 11.4 Å². The van der Waals surface area contributed by atoms with Gasteiger partial charge in [-0.05, 0) is 68.5 Å². The predicted octanol–water partition coefficient (Wildman–Crippen LogP) is 5.16. The van der Waals surface area contributed by atoms with Gasteiger partial charge in [0.2, 0.25) is 0 Å². The van der Waals surface area contributed by atoms with Gasteiger partial charge in [0.05, 0.1) is 36.5 Å². The smallest absolute Gasteiger partial charge is 0.333 e. The van der Waals surface area contributed by atoms with Crippen LogP contribution in [0.4, 0.5) is 0 Å². The number of hydrogen-bond donors (Lipinski definition) is 2. The van der Waals surface area contributed by atoms with Crippen molar-refractivity contribution in [2.75, 3.05) is 13.2 Å². The molecular formula is C42H70N8O12SSi2. The van der Waals surface area contributed by atoms with Crippen molar-refractivity contribution in [3.63, 3.8) is 0 Å². The highest BCUT2D eigenvalue weighted by Crippen LogP contribution is 2.52. The standard InChI is InChI=1S/C42H70N8O12SSi2/c1-27-22-49(33-21-29(45-46-44)30(24-51)59-33)38(54)47(35(27)52)19-17-15-13-14-16-18-20-48-36(53)28(2)23-50(39(48)55)37-34(61-65(11,12)41(6,7)8)42(31(43)26-63(56,57)62-42)32(60-37)25-58-64(9,10)40(3,4)5/h22-23,26,29-30,32-34,37,51H,13-21,24-25,43H2,1-12H3/t29?,30-,32-,33-,34+,37-,42-/m1/s1. The van der Waals surface area contributed by atoms with Crippen molar-refractivity contribution in [3.8, 4) is 0 Å². The number of rotatable bonds is 18. The Morgan fingerprint density at radius 1 is 0.862 bits per heavy atom. The van der Waals surface area contributed by atoms with E-state index in [-0.39, 0.29) is 54.1 Å². The van der Waals surface area contributed by atoms with Crippen LogP contribution < -0.4 is 28.2 Å². The molecule has 2 aromatic heterocycles. The van der Waals surface area contributed by atoms with Crippen molar-refractivity contribution in [3.05, 3.63) is 86.7 Å². The molecule has 65 heavy (non-hydrogen) atoms. The van der Waals surface area contributed by atoms with Gasteiger partial charge < -0.3 is 29.2 Å².